The highest BCUT2D eigenvalue weighted by Crippen LogP contribution is 2.21. The molecule has 2 aromatic rings. The highest BCUT2D eigenvalue weighted by molar-refractivity contribution is 5.92. The van der Waals surface area contributed by atoms with Crippen molar-refractivity contribution in [3.8, 4) is 0 Å². The lowest BCUT2D eigenvalue weighted by Crippen LogP contribution is -2.60. The molecular formula is C14H18N6O. The zero-order valence-corrected chi connectivity index (χ0v) is 12.4. The molecule has 1 amide bonds. The van der Waals surface area contributed by atoms with Crippen LogP contribution < -0.4 is 10.2 Å². The standard InChI is InChI=1S/C14H18N6O/c1-9-6-15-10(2)13(16-9)20-7-11(8-20)17-14(21)12-4-5-19(3)18-12/h4-6,11H,7-8H2,1-3H3,(H,17,21). The number of hydrogen-bond donors (Lipinski definition) is 1. The third kappa shape index (κ3) is 2.72. The summed E-state index contributed by atoms with van der Waals surface area (Å²) < 4.78 is 1.62. The molecule has 21 heavy (non-hydrogen) atoms. The molecular weight excluding hydrogens is 268 g/mol. The Morgan fingerprint density at radius 2 is 2.14 bits per heavy atom. The second-order valence-electron chi connectivity index (χ2n) is 5.37. The van der Waals surface area contributed by atoms with E-state index >= 15 is 0 Å². The molecule has 1 aliphatic heterocycles. The summed E-state index contributed by atoms with van der Waals surface area (Å²) in [6.07, 6.45) is 3.52. The lowest BCUT2D eigenvalue weighted by atomic mass is 10.1. The fourth-order valence-electron chi connectivity index (χ4n) is 2.36. The first-order valence-electron chi connectivity index (χ1n) is 6.88. The molecule has 0 bridgehead atoms. The number of nitrogens with one attached hydrogen (secondary N) is 1. The molecule has 1 N–H and O–H groups in total. The Balaban J connectivity index is 1.58. The molecule has 110 valence electrons. The molecule has 0 radical (unpaired) electrons. The van der Waals surface area contributed by atoms with Gasteiger partial charge in [0, 0.05) is 32.5 Å². The molecule has 0 atom stereocenters. The second kappa shape index (κ2) is 5.16. The number of hydrogen-bond acceptors (Lipinski definition) is 5. The summed E-state index contributed by atoms with van der Waals surface area (Å²) >= 11 is 0. The van der Waals surface area contributed by atoms with Gasteiger partial charge in [-0.2, -0.15) is 5.10 Å². The van der Waals surface area contributed by atoms with Gasteiger partial charge in [0.1, 0.15) is 11.5 Å². The van der Waals surface area contributed by atoms with Gasteiger partial charge in [-0.15, -0.1) is 0 Å². The third-order valence-electron chi connectivity index (χ3n) is 3.51. The van der Waals surface area contributed by atoms with Crippen molar-refractivity contribution in [3.05, 3.63) is 35.5 Å². The van der Waals surface area contributed by atoms with Crippen LogP contribution in [0.5, 0.6) is 0 Å². The average molecular weight is 286 g/mol. The van der Waals surface area contributed by atoms with Gasteiger partial charge in [-0.1, -0.05) is 0 Å². The maximum Gasteiger partial charge on any atom is 0.272 e. The van der Waals surface area contributed by atoms with Crippen LogP contribution in [0.4, 0.5) is 5.82 Å². The van der Waals surface area contributed by atoms with E-state index in [0.717, 1.165) is 30.3 Å². The number of carbonyl (C=O) groups excluding carboxylic acids is 1. The van der Waals surface area contributed by atoms with Gasteiger partial charge in [-0.3, -0.25) is 14.5 Å². The Morgan fingerprint density at radius 1 is 1.38 bits per heavy atom. The molecule has 0 aromatic carbocycles. The molecule has 7 nitrogen and oxygen atoms in total. The second-order valence-corrected chi connectivity index (χ2v) is 5.37. The quantitative estimate of drug-likeness (QED) is 0.886. The first-order chi connectivity index (χ1) is 10.0. The van der Waals surface area contributed by atoms with Crippen molar-refractivity contribution < 1.29 is 4.79 Å². The number of carbonyl (C=O) groups is 1. The van der Waals surface area contributed by atoms with Crippen LogP contribution in [0.15, 0.2) is 18.5 Å². The van der Waals surface area contributed by atoms with E-state index in [0.29, 0.717) is 5.69 Å². The van der Waals surface area contributed by atoms with Gasteiger partial charge in [0.15, 0.2) is 0 Å². The molecule has 3 rings (SSSR count). The van der Waals surface area contributed by atoms with Gasteiger partial charge in [-0.05, 0) is 19.9 Å². The molecule has 2 aromatic heterocycles. The van der Waals surface area contributed by atoms with Crippen molar-refractivity contribution in [2.75, 3.05) is 18.0 Å². The van der Waals surface area contributed by atoms with Crippen molar-refractivity contribution in [1.29, 1.82) is 0 Å². The summed E-state index contributed by atoms with van der Waals surface area (Å²) in [7, 11) is 1.79. The number of aryl methyl sites for hydroxylation is 3. The van der Waals surface area contributed by atoms with E-state index in [4.69, 9.17) is 0 Å². The Morgan fingerprint density at radius 3 is 2.81 bits per heavy atom. The maximum absolute atomic E-state index is 12.0. The van der Waals surface area contributed by atoms with Gasteiger partial charge in [0.2, 0.25) is 0 Å². The Bertz CT molecular complexity index is 674. The number of nitrogens with zero attached hydrogens (tertiary/aromatic N) is 5. The fourth-order valence-corrected chi connectivity index (χ4v) is 2.36. The normalized spacial score (nSPS) is 14.9. The minimum Gasteiger partial charge on any atom is -0.351 e. The number of anilines is 1. The molecule has 1 fully saturated rings. The van der Waals surface area contributed by atoms with Crippen LogP contribution in [0.3, 0.4) is 0 Å². The summed E-state index contributed by atoms with van der Waals surface area (Å²) in [6, 6.07) is 1.84. The smallest absolute Gasteiger partial charge is 0.272 e. The van der Waals surface area contributed by atoms with E-state index in [2.05, 4.69) is 25.3 Å². The van der Waals surface area contributed by atoms with Crippen molar-refractivity contribution in [3.63, 3.8) is 0 Å². The maximum atomic E-state index is 12.0. The minimum atomic E-state index is -0.132. The van der Waals surface area contributed by atoms with Crippen LogP contribution in [-0.2, 0) is 7.05 Å². The molecule has 0 spiro atoms. The molecule has 0 aliphatic carbocycles. The number of rotatable bonds is 3. The number of amides is 1. The van der Waals surface area contributed by atoms with Crippen molar-refractivity contribution in [2.24, 2.45) is 7.05 Å². The predicted molar refractivity (Wildman–Crippen MR) is 78.2 cm³/mol. The van der Waals surface area contributed by atoms with Gasteiger partial charge in [-0.25, -0.2) is 4.98 Å². The average Bonchev–Trinajstić information content (AvgIpc) is 2.83. The zero-order chi connectivity index (χ0) is 15.0. The molecule has 3 heterocycles. The zero-order valence-electron chi connectivity index (χ0n) is 12.4. The highest BCUT2D eigenvalue weighted by Gasteiger charge is 2.30. The first kappa shape index (κ1) is 13.5. The Hall–Kier alpha value is -2.44. The topological polar surface area (TPSA) is 75.9 Å². The van der Waals surface area contributed by atoms with Gasteiger partial charge >= 0.3 is 0 Å². The van der Waals surface area contributed by atoms with Crippen molar-refractivity contribution in [1.82, 2.24) is 25.1 Å². The summed E-state index contributed by atoms with van der Waals surface area (Å²) in [5.41, 5.74) is 2.26. The first-order valence-corrected chi connectivity index (χ1v) is 6.88. The van der Waals surface area contributed by atoms with Gasteiger partial charge in [0.25, 0.3) is 5.91 Å². The summed E-state index contributed by atoms with van der Waals surface area (Å²) in [6.45, 7) is 5.37. The number of aromatic nitrogens is 4. The van der Waals surface area contributed by atoms with Crippen molar-refractivity contribution >= 4 is 11.7 Å². The molecule has 0 unspecified atom stereocenters. The molecule has 1 aliphatic rings. The lowest BCUT2D eigenvalue weighted by Gasteiger charge is -2.40. The summed E-state index contributed by atoms with van der Waals surface area (Å²) in [4.78, 5) is 22.9. The predicted octanol–water partition coefficient (Wildman–Crippen LogP) is 0.446. The molecule has 1 saturated heterocycles. The van der Waals surface area contributed by atoms with E-state index in [1.165, 1.54) is 0 Å². The van der Waals surface area contributed by atoms with E-state index in [1.807, 2.05) is 13.8 Å². The minimum absolute atomic E-state index is 0.126. The lowest BCUT2D eigenvalue weighted by molar-refractivity contribution is 0.0924. The highest BCUT2D eigenvalue weighted by atomic mass is 16.2. The van der Waals surface area contributed by atoms with Crippen molar-refractivity contribution in [2.45, 2.75) is 19.9 Å². The Labute approximate surface area is 123 Å². The largest absolute Gasteiger partial charge is 0.351 e. The van der Waals surface area contributed by atoms with Crippen LogP contribution in [-0.4, -0.2) is 44.8 Å². The summed E-state index contributed by atoms with van der Waals surface area (Å²) in [5.74, 6) is 0.769. The van der Waals surface area contributed by atoms with Gasteiger partial charge < -0.3 is 10.2 Å². The van der Waals surface area contributed by atoms with Crippen LogP contribution in [0, 0.1) is 13.8 Å². The monoisotopic (exact) mass is 286 g/mol. The SMILES string of the molecule is Cc1cnc(C)c(N2CC(NC(=O)c3ccn(C)n3)C2)n1. The van der Waals surface area contributed by atoms with E-state index in [9.17, 15) is 4.79 Å². The fraction of sp³-hybridized carbons (Fsp3) is 0.429. The summed E-state index contributed by atoms with van der Waals surface area (Å²) in [5, 5.41) is 7.07. The van der Waals surface area contributed by atoms with Gasteiger partial charge in [0.05, 0.1) is 17.4 Å². The molecule has 7 heteroatoms. The van der Waals surface area contributed by atoms with E-state index in [-0.39, 0.29) is 11.9 Å². The molecule has 0 saturated carbocycles. The van der Waals surface area contributed by atoms with Crippen LogP contribution in [0.1, 0.15) is 21.9 Å². The van der Waals surface area contributed by atoms with Crippen LogP contribution in [0.25, 0.3) is 0 Å². The van der Waals surface area contributed by atoms with E-state index < -0.39 is 0 Å². The van der Waals surface area contributed by atoms with E-state index in [1.54, 1.807) is 30.2 Å². The van der Waals surface area contributed by atoms with Crippen LogP contribution >= 0.6 is 0 Å². The Kier molecular flexibility index (Phi) is 3.32. The van der Waals surface area contributed by atoms with Crippen LogP contribution in [0.2, 0.25) is 0 Å². The third-order valence-corrected chi connectivity index (χ3v) is 3.51.